The number of rotatable bonds is 10. The van der Waals surface area contributed by atoms with Crippen molar-refractivity contribution in [2.45, 2.75) is 83.8 Å². The molecule has 2 aliphatic carbocycles. The van der Waals surface area contributed by atoms with E-state index in [4.69, 9.17) is 15.2 Å². The van der Waals surface area contributed by atoms with Crippen LogP contribution in [-0.2, 0) is 31.9 Å². The van der Waals surface area contributed by atoms with Crippen molar-refractivity contribution in [1.82, 2.24) is 9.78 Å². The van der Waals surface area contributed by atoms with Crippen LogP contribution < -0.4 is 18.1 Å². The number of benzene rings is 1. The Morgan fingerprint density at radius 2 is 1.81 bits per heavy atom. The molecule has 1 atom stereocenters. The lowest BCUT2D eigenvalue weighted by Gasteiger charge is -2.30. The number of amides is 1. The number of carbonyl (C=O) groups excluding carboxylic acids is 4. The number of ketones is 1. The van der Waals surface area contributed by atoms with E-state index < -0.39 is 18.0 Å². The Hall–Kier alpha value is -3.24. The molecule has 1 heterocycles. The lowest BCUT2D eigenvalue weighted by molar-refractivity contribution is -0.873. The first-order chi connectivity index (χ1) is 19.3. The Morgan fingerprint density at radius 3 is 2.43 bits per heavy atom. The fourth-order valence-corrected chi connectivity index (χ4v) is 6.22. The number of halogens is 1. The van der Waals surface area contributed by atoms with E-state index in [9.17, 15) is 19.2 Å². The van der Waals surface area contributed by atoms with E-state index in [0.717, 1.165) is 66.7 Å². The molecule has 0 aliphatic heterocycles. The highest BCUT2D eigenvalue weighted by molar-refractivity contribution is 5.99. The van der Waals surface area contributed by atoms with E-state index in [1.54, 1.807) is 6.07 Å². The minimum atomic E-state index is -0.530. The summed E-state index contributed by atoms with van der Waals surface area (Å²) in [4.78, 5) is 49.0. The van der Waals surface area contributed by atoms with Gasteiger partial charge < -0.3 is 32.1 Å². The molecule has 1 amide bonds. The molecule has 1 fully saturated rings. The van der Waals surface area contributed by atoms with Crippen molar-refractivity contribution in [3.8, 4) is 5.69 Å². The average molecular weight is 603 g/mol. The molecule has 1 aromatic carbocycles. The highest BCUT2D eigenvalue weighted by Gasteiger charge is 2.30. The van der Waals surface area contributed by atoms with Gasteiger partial charge in [-0.15, -0.1) is 0 Å². The largest absolute Gasteiger partial charge is 1.00 e. The third kappa shape index (κ3) is 8.41. The van der Waals surface area contributed by atoms with Gasteiger partial charge in [-0.05, 0) is 81.5 Å². The van der Waals surface area contributed by atoms with Gasteiger partial charge in [0.2, 0.25) is 5.91 Å². The number of nitrogens with zero attached hydrogens (tertiary/aromatic N) is 3. The minimum absolute atomic E-state index is 0. The Kier molecular flexibility index (Phi) is 10.9. The molecule has 0 radical (unpaired) electrons. The highest BCUT2D eigenvalue weighted by atomic mass is 35.5. The van der Waals surface area contributed by atoms with Crippen LogP contribution in [0, 0.1) is 12.8 Å². The van der Waals surface area contributed by atoms with E-state index in [1.807, 2.05) is 44.9 Å². The number of fused-ring (bicyclic) bond motifs is 1. The number of hydrogen-bond acceptors (Lipinski definition) is 7. The maximum Gasteiger partial charge on any atom is 0.310 e. The second kappa shape index (κ2) is 13.8. The molecule has 10 nitrogen and oxygen atoms in total. The fourth-order valence-electron chi connectivity index (χ4n) is 6.22. The number of nitrogens with two attached hydrogens (primary N) is 1. The van der Waals surface area contributed by atoms with Gasteiger partial charge in [-0.1, -0.05) is 0 Å². The number of aryl methyl sites for hydroxylation is 1. The van der Waals surface area contributed by atoms with E-state index >= 15 is 0 Å². The molecular formula is C31H43ClN4O6. The summed E-state index contributed by atoms with van der Waals surface area (Å²) >= 11 is 0. The van der Waals surface area contributed by atoms with Gasteiger partial charge in [-0.2, -0.15) is 5.10 Å². The molecule has 0 saturated heterocycles. The van der Waals surface area contributed by atoms with Crippen molar-refractivity contribution >= 4 is 23.6 Å². The second-order valence-corrected chi connectivity index (χ2v) is 12.5. The molecule has 0 spiro atoms. The zero-order chi connectivity index (χ0) is 29.9. The van der Waals surface area contributed by atoms with Gasteiger partial charge in [0.05, 0.1) is 50.2 Å². The summed E-state index contributed by atoms with van der Waals surface area (Å²) in [6, 6.07) is 5.57. The number of primary amides is 1. The summed E-state index contributed by atoms with van der Waals surface area (Å²) in [5.74, 6) is -0.795. The molecule has 230 valence electrons. The van der Waals surface area contributed by atoms with Gasteiger partial charge >= 0.3 is 11.9 Å². The summed E-state index contributed by atoms with van der Waals surface area (Å²) < 4.78 is 13.5. The van der Waals surface area contributed by atoms with Crippen LogP contribution in [0.3, 0.4) is 0 Å². The second-order valence-electron chi connectivity index (χ2n) is 12.5. The van der Waals surface area contributed by atoms with Crippen LogP contribution in [0.5, 0.6) is 0 Å². The fraction of sp³-hybridized carbons (Fsp3) is 0.581. The minimum Gasteiger partial charge on any atom is -1.00 e. The standard InChI is InChI=1S/C31H42N4O6.ClH/c1-19-30-27(7-6-8-28(30)37)34(33-19)23-11-14-26(31(32)39)22(16-23)15-21-9-12-24(13-10-21)41-29(38)17-25(40-20(2)36)18-35(3,4)5;/h11,14,16,21,24-25H,6-10,12-13,15,17-18H2,1-5H3,(H-,32,39);1H. The van der Waals surface area contributed by atoms with Crippen molar-refractivity contribution in [3.05, 3.63) is 46.3 Å². The number of aromatic nitrogens is 2. The van der Waals surface area contributed by atoms with Gasteiger partial charge in [-0.3, -0.25) is 19.2 Å². The first-order valence-electron chi connectivity index (χ1n) is 14.5. The normalized spacial score (nSPS) is 19.3. The van der Waals surface area contributed by atoms with Gasteiger partial charge in [0.1, 0.15) is 12.6 Å². The summed E-state index contributed by atoms with van der Waals surface area (Å²) in [6.07, 6.45) is 5.27. The Labute approximate surface area is 253 Å². The number of esters is 2. The van der Waals surface area contributed by atoms with Crippen LogP contribution in [0.4, 0.5) is 0 Å². The van der Waals surface area contributed by atoms with Crippen LogP contribution in [0.25, 0.3) is 5.69 Å². The smallest absolute Gasteiger partial charge is 0.310 e. The Bertz CT molecular complexity index is 1320. The summed E-state index contributed by atoms with van der Waals surface area (Å²) in [7, 11) is 5.94. The average Bonchev–Trinajstić information content (AvgIpc) is 3.21. The molecule has 0 bridgehead atoms. The van der Waals surface area contributed by atoms with Crippen LogP contribution in [-0.4, -0.2) is 77.8 Å². The van der Waals surface area contributed by atoms with Crippen LogP contribution in [0.2, 0.25) is 0 Å². The van der Waals surface area contributed by atoms with Gasteiger partial charge in [0.15, 0.2) is 11.9 Å². The molecule has 4 rings (SSSR count). The van der Waals surface area contributed by atoms with Crippen molar-refractivity contribution in [2.24, 2.45) is 11.7 Å². The molecule has 42 heavy (non-hydrogen) atoms. The number of hydrogen-bond donors (Lipinski definition) is 1. The van der Waals surface area contributed by atoms with Crippen LogP contribution in [0.15, 0.2) is 18.2 Å². The summed E-state index contributed by atoms with van der Waals surface area (Å²) in [5, 5.41) is 4.67. The topological polar surface area (TPSA) is 131 Å². The van der Waals surface area contributed by atoms with Crippen LogP contribution >= 0.6 is 0 Å². The van der Waals surface area contributed by atoms with Crippen molar-refractivity contribution in [1.29, 1.82) is 0 Å². The van der Waals surface area contributed by atoms with E-state index in [1.165, 1.54) is 6.92 Å². The van der Waals surface area contributed by atoms with Gasteiger partial charge in [-0.25, -0.2) is 4.68 Å². The van der Waals surface area contributed by atoms with Crippen molar-refractivity contribution in [2.75, 3.05) is 27.7 Å². The highest BCUT2D eigenvalue weighted by Crippen LogP contribution is 2.32. The predicted molar refractivity (Wildman–Crippen MR) is 153 cm³/mol. The predicted octanol–water partition coefficient (Wildman–Crippen LogP) is 0.475. The number of Topliss-reactive ketones (excluding diaryl/α,β-unsaturated/α-hetero) is 1. The number of ether oxygens (including phenoxy) is 2. The number of likely N-dealkylation sites (N-methyl/N-ethyl adjacent to an activating group) is 1. The first-order valence-corrected chi connectivity index (χ1v) is 14.5. The zero-order valence-electron chi connectivity index (χ0n) is 25.3. The lowest BCUT2D eigenvalue weighted by atomic mass is 9.82. The molecule has 1 unspecified atom stereocenters. The van der Waals surface area contributed by atoms with Gasteiger partial charge in [0, 0.05) is 18.9 Å². The lowest BCUT2D eigenvalue weighted by Crippen LogP contribution is -3.00. The molecular weight excluding hydrogens is 560 g/mol. The molecule has 1 aromatic heterocycles. The van der Waals surface area contributed by atoms with Crippen molar-refractivity contribution in [3.63, 3.8) is 0 Å². The Morgan fingerprint density at radius 1 is 1.12 bits per heavy atom. The monoisotopic (exact) mass is 602 g/mol. The first kappa shape index (κ1) is 33.3. The third-order valence-corrected chi connectivity index (χ3v) is 7.93. The van der Waals surface area contributed by atoms with Gasteiger partial charge in [0.25, 0.3) is 0 Å². The summed E-state index contributed by atoms with van der Waals surface area (Å²) in [6.45, 7) is 3.72. The molecule has 2 aliphatic rings. The third-order valence-electron chi connectivity index (χ3n) is 7.93. The maximum atomic E-state index is 12.7. The maximum absolute atomic E-state index is 12.7. The van der Waals surface area contributed by atoms with E-state index in [-0.39, 0.29) is 36.7 Å². The van der Waals surface area contributed by atoms with E-state index in [0.29, 0.717) is 35.4 Å². The SMILES string of the molecule is CC(=O)OC(CC(=O)OC1CCC(Cc2cc(-n3nc(C)c4c3CCCC4=O)ccc2C(N)=O)CC1)C[N+](C)(C)C.[Cl-]. The molecule has 2 aromatic rings. The van der Waals surface area contributed by atoms with Crippen molar-refractivity contribution < 1.29 is 45.5 Å². The molecule has 11 heteroatoms. The molecule has 2 N–H and O–H groups in total. The zero-order valence-corrected chi connectivity index (χ0v) is 26.0. The summed E-state index contributed by atoms with van der Waals surface area (Å²) in [5.41, 5.74) is 10.3. The molecule has 1 saturated carbocycles. The van der Waals surface area contributed by atoms with E-state index in [2.05, 4.69) is 5.10 Å². The quantitative estimate of drug-likeness (QED) is 0.309. The Balaban J connectivity index is 0.00000484. The number of quaternary nitrogens is 1. The number of carbonyl (C=O) groups is 4. The van der Waals surface area contributed by atoms with Crippen LogP contribution in [0.1, 0.15) is 89.5 Å².